The first-order valence-corrected chi connectivity index (χ1v) is 5.52. The predicted octanol–water partition coefficient (Wildman–Crippen LogP) is 2.08. The number of benzene rings is 1. The lowest BCUT2D eigenvalue weighted by atomic mass is 10.00. The average molecular weight is 202 g/mol. The Morgan fingerprint density at radius 3 is 2.80 bits per heavy atom. The highest BCUT2D eigenvalue weighted by molar-refractivity contribution is 6.24. The molecule has 2 rings (SSSR count). The van der Waals surface area contributed by atoms with Crippen LogP contribution in [0.1, 0.15) is 19.4 Å². The third kappa shape index (κ3) is 2.61. The van der Waals surface area contributed by atoms with Crippen molar-refractivity contribution in [3.63, 3.8) is 0 Å². The molecule has 0 amide bonds. The molecule has 2 nitrogen and oxygen atoms in total. The third-order valence-corrected chi connectivity index (χ3v) is 2.88. The molecule has 0 bridgehead atoms. The maximum absolute atomic E-state index is 5.40. The molecular formula is C12H17BNO. The van der Waals surface area contributed by atoms with Crippen molar-refractivity contribution in [1.82, 2.24) is 4.81 Å². The fourth-order valence-corrected chi connectivity index (χ4v) is 1.94. The minimum atomic E-state index is 0.519. The van der Waals surface area contributed by atoms with Crippen LogP contribution in [0.3, 0.4) is 0 Å². The third-order valence-electron chi connectivity index (χ3n) is 2.88. The zero-order valence-electron chi connectivity index (χ0n) is 9.39. The van der Waals surface area contributed by atoms with Crippen molar-refractivity contribution >= 4 is 7.62 Å². The van der Waals surface area contributed by atoms with Crippen LogP contribution in [-0.2, 0) is 11.2 Å². The van der Waals surface area contributed by atoms with Gasteiger partial charge in [-0.15, -0.1) is 0 Å². The first-order chi connectivity index (χ1) is 7.27. The standard InChI is InChI=1S/C12H17BNO/c1-10(2)12-9-15-13-14(12)8-11-6-4-3-5-7-11/h3-7,10,12H,8-9H2,1-2H3. The molecule has 0 N–H and O–H groups in total. The van der Waals surface area contributed by atoms with Crippen LogP contribution in [0.25, 0.3) is 0 Å². The zero-order valence-corrected chi connectivity index (χ0v) is 9.39. The molecule has 1 aromatic carbocycles. The van der Waals surface area contributed by atoms with Gasteiger partial charge in [0.1, 0.15) is 0 Å². The fraction of sp³-hybridized carbons (Fsp3) is 0.500. The Balaban J connectivity index is 2.00. The Morgan fingerprint density at radius 1 is 1.40 bits per heavy atom. The van der Waals surface area contributed by atoms with E-state index in [1.807, 2.05) is 13.7 Å². The van der Waals surface area contributed by atoms with E-state index >= 15 is 0 Å². The molecule has 0 aromatic heterocycles. The van der Waals surface area contributed by atoms with Gasteiger partial charge in [0, 0.05) is 19.2 Å². The van der Waals surface area contributed by atoms with Crippen molar-refractivity contribution in [2.75, 3.05) is 6.61 Å². The van der Waals surface area contributed by atoms with Crippen LogP contribution in [0.4, 0.5) is 0 Å². The van der Waals surface area contributed by atoms with Crippen LogP contribution >= 0.6 is 0 Å². The van der Waals surface area contributed by atoms with Gasteiger partial charge in [0.2, 0.25) is 0 Å². The largest absolute Gasteiger partial charge is 0.422 e. The van der Waals surface area contributed by atoms with E-state index in [0.717, 1.165) is 13.2 Å². The lowest BCUT2D eigenvalue weighted by Gasteiger charge is -2.25. The molecule has 1 aromatic rings. The van der Waals surface area contributed by atoms with E-state index in [1.54, 1.807) is 0 Å². The molecular weight excluding hydrogens is 185 g/mol. The summed E-state index contributed by atoms with van der Waals surface area (Å²) in [6.07, 6.45) is 0. The van der Waals surface area contributed by atoms with Crippen molar-refractivity contribution in [1.29, 1.82) is 0 Å². The Labute approximate surface area is 92.5 Å². The van der Waals surface area contributed by atoms with Gasteiger partial charge in [-0.25, -0.2) is 0 Å². The van der Waals surface area contributed by atoms with E-state index in [9.17, 15) is 0 Å². The molecule has 1 atom stereocenters. The lowest BCUT2D eigenvalue weighted by Crippen LogP contribution is -2.35. The maximum atomic E-state index is 5.40. The van der Waals surface area contributed by atoms with Gasteiger partial charge in [0.05, 0.1) is 0 Å². The van der Waals surface area contributed by atoms with E-state index in [1.165, 1.54) is 5.56 Å². The Kier molecular flexibility index (Phi) is 3.44. The highest BCUT2D eigenvalue weighted by atomic mass is 16.4. The monoisotopic (exact) mass is 202 g/mol. The summed E-state index contributed by atoms with van der Waals surface area (Å²) in [7, 11) is 1.87. The van der Waals surface area contributed by atoms with Gasteiger partial charge in [-0.05, 0) is 11.5 Å². The molecule has 15 heavy (non-hydrogen) atoms. The van der Waals surface area contributed by atoms with Gasteiger partial charge in [-0.3, -0.25) is 0 Å². The van der Waals surface area contributed by atoms with Gasteiger partial charge in [0.15, 0.2) is 0 Å². The number of rotatable bonds is 3. The van der Waals surface area contributed by atoms with Gasteiger partial charge in [0.25, 0.3) is 0 Å². The summed E-state index contributed by atoms with van der Waals surface area (Å²) < 4.78 is 5.40. The number of hydrogen-bond acceptors (Lipinski definition) is 2. The Bertz CT molecular complexity index is 302. The van der Waals surface area contributed by atoms with Gasteiger partial charge >= 0.3 is 7.62 Å². The van der Waals surface area contributed by atoms with Gasteiger partial charge in [-0.2, -0.15) is 0 Å². The molecule has 1 radical (unpaired) electrons. The molecule has 1 aliphatic heterocycles. The first-order valence-electron chi connectivity index (χ1n) is 5.52. The summed E-state index contributed by atoms with van der Waals surface area (Å²) in [6, 6.07) is 11.0. The summed E-state index contributed by atoms with van der Waals surface area (Å²) in [6.45, 7) is 6.25. The van der Waals surface area contributed by atoms with E-state index in [0.29, 0.717) is 12.0 Å². The first kappa shape index (κ1) is 10.7. The zero-order chi connectivity index (χ0) is 10.7. The van der Waals surface area contributed by atoms with Crippen LogP contribution in [-0.4, -0.2) is 25.1 Å². The molecule has 3 heteroatoms. The molecule has 0 aliphatic carbocycles. The smallest absolute Gasteiger partial charge is 0.399 e. The van der Waals surface area contributed by atoms with Crippen LogP contribution in [0, 0.1) is 5.92 Å². The fourth-order valence-electron chi connectivity index (χ4n) is 1.94. The van der Waals surface area contributed by atoms with Crippen LogP contribution in [0.15, 0.2) is 30.3 Å². The number of nitrogens with zero attached hydrogens (tertiary/aromatic N) is 1. The molecule has 1 unspecified atom stereocenters. The molecule has 79 valence electrons. The molecule has 1 fully saturated rings. The SMILES string of the molecule is CC(C)C1CO[B]N1Cc1ccccc1. The summed E-state index contributed by atoms with van der Waals surface area (Å²) >= 11 is 0. The Morgan fingerprint density at radius 2 is 2.13 bits per heavy atom. The predicted molar refractivity (Wildman–Crippen MR) is 62.3 cm³/mol. The summed E-state index contributed by atoms with van der Waals surface area (Å²) in [4.78, 5) is 2.29. The molecule has 0 spiro atoms. The maximum Gasteiger partial charge on any atom is 0.399 e. The normalized spacial score (nSPS) is 21.9. The lowest BCUT2D eigenvalue weighted by molar-refractivity contribution is 0.250. The van der Waals surface area contributed by atoms with Crippen molar-refractivity contribution in [3.05, 3.63) is 35.9 Å². The summed E-state index contributed by atoms with van der Waals surface area (Å²) in [5.41, 5.74) is 1.34. The van der Waals surface area contributed by atoms with Crippen molar-refractivity contribution in [2.24, 2.45) is 5.92 Å². The second kappa shape index (κ2) is 4.82. The van der Waals surface area contributed by atoms with Crippen LogP contribution in [0.2, 0.25) is 0 Å². The average Bonchev–Trinajstić information content (AvgIpc) is 2.67. The molecule has 0 saturated carbocycles. The van der Waals surface area contributed by atoms with E-state index in [4.69, 9.17) is 4.65 Å². The number of hydrogen-bond donors (Lipinski definition) is 0. The molecule has 1 aliphatic rings. The van der Waals surface area contributed by atoms with Crippen LogP contribution in [0.5, 0.6) is 0 Å². The summed E-state index contributed by atoms with van der Waals surface area (Å²) in [5, 5.41) is 0. The quantitative estimate of drug-likeness (QED) is 0.695. The topological polar surface area (TPSA) is 12.5 Å². The van der Waals surface area contributed by atoms with Gasteiger partial charge in [-0.1, -0.05) is 44.2 Å². The van der Waals surface area contributed by atoms with Crippen molar-refractivity contribution in [3.8, 4) is 0 Å². The highest BCUT2D eigenvalue weighted by Gasteiger charge is 2.29. The minimum Gasteiger partial charge on any atom is -0.422 e. The molecule has 1 heterocycles. The Hall–Kier alpha value is -0.795. The minimum absolute atomic E-state index is 0.519. The van der Waals surface area contributed by atoms with E-state index in [-0.39, 0.29) is 0 Å². The van der Waals surface area contributed by atoms with Crippen molar-refractivity contribution < 1.29 is 4.65 Å². The highest BCUT2D eigenvalue weighted by Crippen LogP contribution is 2.18. The van der Waals surface area contributed by atoms with E-state index in [2.05, 4.69) is 42.9 Å². The van der Waals surface area contributed by atoms with E-state index < -0.39 is 0 Å². The van der Waals surface area contributed by atoms with Crippen LogP contribution < -0.4 is 0 Å². The second-order valence-electron chi connectivity index (χ2n) is 4.41. The van der Waals surface area contributed by atoms with Gasteiger partial charge < -0.3 is 9.47 Å². The van der Waals surface area contributed by atoms with Crippen molar-refractivity contribution in [2.45, 2.75) is 26.4 Å². The summed E-state index contributed by atoms with van der Waals surface area (Å²) in [5.74, 6) is 0.632. The molecule has 1 saturated heterocycles. The second-order valence-corrected chi connectivity index (χ2v) is 4.41.